The Kier molecular flexibility index (Phi) is 7.58. The molecule has 2 aliphatic rings. The van der Waals surface area contributed by atoms with Crippen LogP contribution in [0.4, 0.5) is 11.4 Å². The molecule has 0 atom stereocenters. The van der Waals surface area contributed by atoms with E-state index in [1.165, 1.54) is 66.7 Å². The third-order valence-corrected chi connectivity index (χ3v) is 7.18. The first kappa shape index (κ1) is 21.5. The van der Waals surface area contributed by atoms with Crippen molar-refractivity contribution in [3.05, 3.63) is 42.5 Å². The number of likely N-dealkylation sites (N-methyl/N-ethyl adjacent to an activating group) is 1. The molecule has 1 saturated heterocycles. The molecule has 0 saturated carbocycles. The summed E-state index contributed by atoms with van der Waals surface area (Å²) in [7, 11) is 2.22. The fourth-order valence-electron chi connectivity index (χ4n) is 4.16. The summed E-state index contributed by atoms with van der Waals surface area (Å²) in [6.45, 7) is 10.1. The first-order valence-electron chi connectivity index (χ1n) is 11.5. The smallest absolute Gasteiger partial charge is 0.120 e. The molecule has 30 heavy (non-hydrogen) atoms. The number of ether oxygens (including phenoxy) is 1. The van der Waals surface area contributed by atoms with Gasteiger partial charge in [0.15, 0.2) is 0 Å². The predicted molar refractivity (Wildman–Crippen MR) is 128 cm³/mol. The van der Waals surface area contributed by atoms with E-state index in [2.05, 4.69) is 71.1 Å². The minimum Gasteiger partial charge on any atom is -0.494 e. The molecule has 2 aliphatic heterocycles. The summed E-state index contributed by atoms with van der Waals surface area (Å²) < 4.78 is 5.97. The number of unbranched alkanes of at least 4 members (excludes halogenated alkanes) is 2. The highest BCUT2D eigenvalue weighted by Crippen LogP contribution is 2.49. The van der Waals surface area contributed by atoms with Crippen LogP contribution in [0.3, 0.4) is 0 Å². The van der Waals surface area contributed by atoms with Gasteiger partial charge in [-0.05, 0) is 63.2 Å². The average molecular weight is 426 g/mol. The zero-order valence-electron chi connectivity index (χ0n) is 18.5. The van der Waals surface area contributed by atoms with Crippen LogP contribution in [0.5, 0.6) is 5.75 Å². The van der Waals surface area contributed by atoms with Gasteiger partial charge in [0.2, 0.25) is 0 Å². The molecule has 4 rings (SSSR count). The van der Waals surface area contributed by atoms with Gasteiger partial charge in [-0.3, -0.25) is 0 Å². The van der Waals surface area contributed by atoms with Crippen molar-refractivity contribution in [2.45, 2.75) is 42.4 Å². The van der Waals surface area contributed by atoms with E-state index < -0.39 is 0 Å². The zero-order valence-corrected chi connectivity index (χ0v) is 19.3. The van der Waals surface area contributed by atoms with Crippen molar-refractivity contribution in [1.29, 1.82) is 0 Å². The fraction of sp³-hybridized carbons (Fsp3) is 0.520. The molecule has 5 heteroatoms. The average Bonchev–Trinajstić information content (AvgIpc) is 2.77. The van der Waals surface area contributed by atoms with E-state index in [9.17, 15) is 0 Å². The van der Waals surface area contributed by atoms with Gasteiger partial charge in [-0.15, -0.1) is 0 Å². The minimum atomic E-state index is 0.798. The van der Waals surface area contributed by atoms with Crippen molar-refractivity contribution < 1.29 is 4.74 Å². The summed E-state index contributed by atoms with van der Waals surface area (Å²) in [5, 5.41) is 0. The monoisotopic (exact) mass is 425 g/mol. The van der Waals surface area contributed by atoms with Crippen LogP contribution in [0.15, 0.2) is 52.3 Å². The Morgan fingerprint density at radius 1 is 0.867 bits per heavy atom. The number of rotatable bonds is 9. The van der Waals surface area contributed by atoms with Gasteiger partial charge in [0.05, 0.1) is 18.0 Å². The van der Waals surface area contributed by atoms with Crippen molar-refractivity contribution in [2.75, 3.05) is 57.8 Å². The van der Waals surface area contributed by atoms with E-state index in [-0.39, 0.29) is 0 Å². The zero-order chi connectivity index (χ0) is 20.8. The van der Waals surface area contributed by atoms with Crippen molar-refractivity contribution in [3.8, 4) is 5.75 Å². The van der Waals surface area contributed by atoms with Crippen LogP contribution in [-0.2, 0) is 0 Å². The molecule has 0 radical (unpaired) electrons. The lowest BCUT2D eigenvalue weighted by molar-refractivity contribution is 0.152. The Hall–Kier alpha value is -1.69. The molecule has 1 fully saturated rings. The van der Waals surface area contributed by atoms with Crippen LogP contribution < -0.4 is 9.64 Å². The maximum Gasteiger partial charge on any atom is 0.120 e. The number of anilines is 2. The Morgan fingerprint density at radius 2 is 1.63 bits per heavy atom. The van der Waals surface area contributed by atoms with Gasteiger partial charge in [-0.1, -0.05) is 37.2 Å². The van der Waals surface area contributed by atoms with Crippen molar-refractivity contribution in [3.63, 3.8) is 0 Å². The maximum absolute atomic E-state index is 5.97. The van der Waals surface area contributed by atoms with E-state index >= 15 is 0 Å². The number of piperazine rings is 1. The van der Waals surface area contributed by atoms with Crippen molar-refractivity contribution in [1.82, 2.24) is 9.80 Å². The second-order valence-electron chi connectivity index (χ2n) is 8.40. The number of para-hydroxylation sites is 1. The largest absolute Gasteiger partial charge is 0.494 e. The molecule has 162 valence electrons. The third-order valence-electron chi connectivity index (χ3n) is 6.07. The number of hydrogen-bond acceptors (Lipinski definition) is 5. The summed E-state index contributed by atoms with van der Waals surface area (Å²) in [5.74, 6) is 0.990. The van der Waals surface area contributed by atoms with Crippen LogP contribution in [-0.4, -0.2) is 62.7 Å². The normalized spacial score (nSPS) is 16.9. The minimum absolute atomic E-state index is 0.798. The predicted octanol–water partition coefficient (Wildman–Crippen LogP) is 5.50. The second kappa shape index (κ2) is 10.6. The summed E-state index contributed by atoms with van der Waals surface area (Å²) in [6.07, 6.45) is 4.73. The number of benzene rings is 2. The molecule has 0 aromatic heterocycles. The molecule has 2 aromatic rings. The topological polar surface area (TPSA) is 19.0 Å². The first-order chi connectivity index (χ1) is 14.7. The van der Waals surface area contributed by atoms with Crippen LogP contribution in [0.1, 0.15) is 32.6 Å². The van der Waals surface area contributed by atoms with Crippen LogP contribution in [0, 0.1) is 0 Å². The van der Waals surface area contributed by atoms with Gasteiger partial charge in [-0.2, -0.15) is 0 Å². The van der Waals surface area contributed by atoms with E-state index in [0.29, 0.717) is 0 Å². The molecule has 0 spiro atoms. The van der Waals surface area contributed by atoms with Gasteiger partial charge in [-0.25, -0.2) is 0 Å². The van der Waals surface area contributed by atoms with E-state index in [1.807, 2.05) is 11.8 Å². The van der Waals surface area contributed by atoms with Crippen molar-refractivity contribution in [2.24, 2.45) is 0 Å². The molecule has 0 amide bonds. The van der Waals surface area contributed by atoms with E-state index in [0.717, 1.165) is 31.7 Å². The van der Waals surface area contributed by atoms with Gasteiger partial charge >= 0.3 is 0 Å². The van der Waals surface area contributed by atoms with Gasteiger partial charge in [0.25, 0.3) is 0 Å². The molecule has 0 aliphatic carbocycles. The highest BCUT2D eigenvalue weighted by atomic mass is 32.2. The Balaban J connectivity index is 1.40. The molecular formula is C25H35N3OS. The standard InChI is InChI=1S/C25H35N3OS/c1-3-4-19-29-21-11-12-23-25(20-21)30-24-10-6-5-9-22(24)28(23)14-8-7-13-27-17-15-26(2)16-18-27/h5-6,9-12,20H,3-4,7-8,13-19H2,1-2H3. The summed E-state index contributed by atoms with van der Waals surface area (Å²) in [6, 6.07) is 15.4. The third kappa shape index (κ3) is 5.32. The number of hydrogen-bond donors (Lipinski definition) is 0. The Bertz CT molecular complexity index is 820. The molecule has 2 aromatic carbocycles. The molecule has 4 nitrogen and oxygen atoms in total. The first-order valence-corrected chi connectivity index (χ1v) is 12.3. The maximum atomic E-state index is 5.97. The highest BCUT2D eigenvalue weighted by Gasteiger charge is 2.23. The summed E-state index contributed by atoms with van der Waals surface area (Å²) in [4.78, 5) is 10.2. The lowest BCUT2D eigenvalue weighted by Gasteiger charge is -2.34. The summed E-state index contributed by atoms with van der Waals surface area (Å²) in [5.41, 5.74) is 2.66. The van der Waals surface area contributed by atoms with Gasteiger partial charge in [0.1, 0.15) is 5.75 Å². The fourth-order valence-corrected chi connectivity index (χ4v) is 5.28. The highest BCUT2D eigenvalue weighted by molar-refractivity contribution is 7.99. The van der Waals surface area contributed by atoms with E-state index in [1.54, 1.807) is 0 Å². The number of fused-ring (bicyclic) bond motifs is 2. The number of nitrogens with zero attached hydrogens (tertiary/aromatic N) is 3. The second-order valence-corrected chi connectivity index (χ2v) is 9.49. The van der Waals surface area contributed by atoms with Crippen LogP contribution in [0.25, 0.3) is 0 Å². The Labute approximate surface area is 186 Å². The molecule has 0 N–H and O–H groups in total. The van der Waals surface area contributed by atoms with Gasteiger partial charge in [0, 0.05) is 42.5 Å². The van der Waals surface area contributed by atoms with Crippen LogP contribution >= 0.6 is 11.8 Å². The SMILES string of the molecule is CCCCOc1ccc2c(c1)Sc1ccccc1N2CCCCN1CCN(C)CC1. The molecule has 0 bridgehead atoms. The van der Waals surface area contributed by atoms with Crippen LogP contribution in [0.2, 0.25) is 0 Å². The summed E-state index contributed by atoms with van der Waals surface area (Å²) >= 11 is 1.87. The van der Waals surface area contributed by atoms with Gasteiger partial charge < -0.3 is 19.4 Å². The quantitative estimate of drug-likeness (QED) is 0.493. The molecule has 2 heterocycles. The molecule has 0 unspecified atom stereocenters. The molecular weight excluding hydrogens is 390 g/mol. The lowest BCUT2D eigenvalue weighted by Crippen LogP contribution is -2.44. The van der Waals surface area contributed by atoms with E-state index in [4.69, 9.17) is 4.74 Å². The Morgan fingerprint density at radius 3 is 2.47 bits per heavy atom. The lowest BCUT2D eigenvalue weighted by atomic mass is 10.2. The van der Waals surface area contributed by atoms with Crippen molar-refractivity contribution >= 4 is 23.1 Å².